The topological polar surface area (TPSA) is 12.4 Å². The monoisotopic (exact) mass is 281 g/mol. The van der Waals surface area contributed by atoms with E-state index in [2.05, 4.69) is 78.8 Å². The van der Waals surface area contributed by atoms with Crippen LogP contribution in [0.2, 0.25) is 0 Å². The lowest BCUT2D eigenvalue weighted by Crippen LogP contribution is -2.15. The molecule has 0 saturated heterocycles. The molecule has 0 heterocycles. The fourth-order valence-corrected chi connectivity index (χ4v) is 3.23. The molecule has 0 radical (unpaired) electrons. The molecule has 0 spiro atoms. The molecule has 1 aromatic carbocycles. The lowest BCUT2D eigenvalue weighted by molar-refractivity contribution is 0.583. The van der Waals surface area contributed by atoms with Crippen LogP contribution in [0.4, 0.5) is 0 Å². The van der Waals surface area contributed by atoms with E-state index >= 15 is 0 Å². The van der Waals surface area contributed by atoms with Crippen LogP contribution in [0, 0.1) is 0 Å². The van der Waals surface area contributed by atoms with Crippen molar-refractivity contribution < 1.29 is 0 Å². The highest BCUT2D eigenvalue weighted by atomic mass is 14.8. The molecule has 112 valence electrons. The molecule has 0 saturated carbocycles. The zero-order valence-corrected chi connectivity index (χ0v) is 14.4. The predicted molar refractivity (Wildman–Crippen MR) is 93.3 cm³/mol. The molecule has 1 nitrogen and oxygen atoms in total. The summed E-state index contributed by atoms with van der Waals surface area (Å²) in [6, 6.07) is 8.70. The van der Waals surface area contributed by atoms with Gasteiger partial charge in [-0.05, 0) is 59.6 Å². The van der Waals surface area contributed by atoms with Crippen molar-refractivity contribution in [3.8, 4) is 0 Å². The van der Waals surface area contributed by atoms with E-state index in [-0.39, 0.29) is 5.54 Å². The van der Waals surface area contributed by atoms with Crippen molar-refractivity contribution in [1.82, 2.24) is 0 Å². The predicted octanol–water partition coefficient (Wildman–Crippen LogP) is 5.67. The highest BCUT2D eigenvalue weighted by Crippen LogP contribution is 2.40. The van der Waals surface area contributed by atoms with Gasteiger partial charge in [-0.1, -0.05) is 47.1 Å². The van der Waals surface area contributed by atoms with E-state index in [1.54, 1.807) is 0 Å². The minimum absolute atomic E-state index is 0.0431. The molecule has 0 N–H and O–H groups in total. The molecule has 1 atom stereocenters. The summed E-state index contributed by atoms with van der Waals surface area (Å²) in [6.45, 7) is 15.3. The Labute approximate surface area is 129 Å². The molecule has 0 aliphatic heterocycles. The molecule has 0 fully saturated rings. The molecule has 2 rings (SSSR count). The van der Waals surface area contributed by atoms with Crippen molar-refractivity contribution in [2.24, 2.45) is 4.99 Å². The van der Waals surface area contributed by atoms with Gasteiger partial charge in [-0.3, -0.25) is 4.99 Å². The molecule has 1 aliphatic carbocycles. The summed E-state index contributed by atoms with van der Waals surface area (Å²) < 4.78 is 0. The first kappa shape index (κ1) is 15.8. The van der Waals surface area contributed by atoms with Crippen molar-refractivity contribution in [2.75, 3.05) is 0 Å². The first-order valence-corrected chi connectivity index (χ1v) is 7.72. The summed E-state index contributed by atoms with van der Waals surface area (Å²) >= 11 is 0. The largest absolute Gasteiger partial charge is 0.284 e. The zero-order chi connectivity index (χ0) is 15.8. The quantitative estimate of drug-likeness (QED) is 0.619. The second kappa shape index (κ2) is 5.63. The van der Waals surface area contributed by atoms with Crippen LogP contribution in [0.5, 0.6) is 0 Å². The van der Waals surface area contributed by atoms with Crippen LogP contribution in [0.25, 0.3) is 0 Å². The minimum atomic E-state index is -0.0431. The lowest BCUT2D eigenvalue weighted by Gasteiger charge is -2.21. The summed E-state index contributed by atoms with van der Waals surface area (Å²) in [6.07, 6.45) is 2.31. The van der Waals surface area contributed by atoms with E-state index in [9.17, 15) is 0 Å². The van der Waals surface area contributed by atoms with Crippen LogP contribution in [0.15, 0.2) is 52.1 Å². The Bertz CT molecular complexity index is 636. The molecular weight excluding hydrogens is 254 g/mol. The second-order valence-corrected chi connectivity index (χ2v) is 7.14. The molecule has 1 heteroatoms. The summed E-state index contributed by atoms with van der Waals surface area (Å²) in [5.41, 5.74) is 8.04. The van der Waals surface area contributed by atoms with Crippen LogP contribution in [-0.2, 0) is 0 Å². The van der Waals surface area contributed by atoms with Crippen LogP contribution in [0.3, 0.4) is 0 Å². The number of allylic oxidation sites excluding steroid dienone is 4. The molecule has 1 aliphatic rings. The third-order valence-electron chi connectivity index (χ3n) is 4.12. The molecule has 1 unspecified atom stereocenters. The van der Waals surface area contributed by atoms with Gasteiger partial charge < -0.3 is 0 Å². The van der Waals surface area contributed by atoms with Gasteiger partial charge in [0, 0.05) is 11.6 Å². The van der Waals surface area contributed by atoms with Gasteiger partial charge in [0.2, 0.25) is 0 Å². The highest BCUT2D eigenvalue weighted by molar-refractivity contribution is 6.00. The number of hydrogen-bond donors (Lipinski definition) is 0. The lowest BCUT2D eigenvalue weighted by atomic mass is 9.85. The first-order chi connectivity index (χ1) is 9.70. The zero-order valence-electron chi connectivity index (χ0n) is 14.4. The molecule has 21 heavy (non-hydrogen) atoms. The van der Waals surface area contributed by atoms with Gasteiger partial charge in [0.15, 0.2) is 0 Å². The Kier molecular flexibility index (Phi) is 4.22. The van der Waals surface area contributed by atoms with Crippen LogP contribution in [0.1, 0.15) is 65.5 Å². The first-order valence-electron chi connectivity index (χ1n) is 7.72. The number of aliphatic imine (C=N–C) groups is 1. The van der Waals surface area contributed by atoms with Crippen LogP contribution < -0.4 is 0 Å². The van der Waals surface area contributed by atoms with Crippen molar-refractivity contribution in [2.45, 2.75) is 59.9 Å². The standard InChI is InChI=1S/C20H27N/c1-13-12-14(2)19(15(13)3)18-11-9-8-10-17(18)16(4)21-20(5,6)7/h8-12,19H,1-7H3. The SMILES string of the molecule is CC1=CC(C)=C(C)C1c1ccccc1C(C)=NC(C)(C)C. The van der Waals surface area contributed by atoms with Gasteiger partial charge in [0.1, 0.15) is 0 Å². The van der Waals surface area contributed by atoms with Gasteiger partial charge >= 0.3 is 0 Å². The maximum absolute atomic E-state index is 4.86. The fraction of sp³-hybridized carbons (Fsp3) is 0.450. The van der Waals surface area contributed by atoms with Crippen LogP contribution >= 0.6 is 0 Å². The van der Waals surface area contributed by atoms with E-state index in [4.69, 9.17) is 4.99 Å². The van der Waals surface area contributed by atoms with E-state index < -0.39 is 0 Å². The third kappa shape index (κ3) is 3.34. The maximum Gasteiger partial charge on any atom is 0.0527 e. The van der Waals surface area contributed by atoms with Gasteiger partial charge in [-0.15, -0.1) is 0 Å². The average Bonchev–Trinajstić information content (AvgIpc) is 2.61. The van der Waals surface area contributed by atoms with E-state index in [1.165, 1.54) is 27.8 Å². The number of rotatable bonds is 2. The minimum Gasteiger partial charge on any atom is -0.284 e. The Morgan fingerprint density at radius 2 is 1.67 bits per heavy atom. The molecule has 0 amide bonds. The van der Waals surface area contributed by atoms with Gasteiger partial charge in [-0.2, -0.15) is 0 Å². The van der Waals surface area contributed by atoms with Crippen LogP contribution in [-0.4, -0.2) is 11.3 Å². The normalized spacial score (nSPS) is 20.0. The summed E-state index contributed by atoms with van der Waals surface area (Å²) in [5, 5.41) is 0. The fourth-order valence-electron chi connectivity index (χ4n) is 3.23. The highest BCUT2D eigenvalue weighted by Gasteiger charge is 2.25. The van der Waals surface area contributed by atoms with E-state index in [0.717, 1.165) is 5.71 Å². The van der Waals surface area contributed by atoms with Crippen molar-refractivity contribution >= 4 is 5.71 Å². The van der Waals surface area contributed by atoms with Gasteiger partial charge in [0.05, 0.1) is 5.54 Å². The van der Waals surface area contributed by atoms with Crippen molar-refractivity contribution in [3.63, 3.8) is 0 Å². The molecule has 0 aromatic heterocycles. The summed E-state index contributed by atoms with van der Waals surface area (Å²) in [5.74, 6) is 0.409. The van der Waals surface area contributed by atoms with Gasteiger partial charge in [0.25, 0.3) is 0 Å². The van der Waals surface area contributed by atoms with Gasteiger partial charge in [-0.25, -0.2) is 0 Å². The molecule has 0 bridgehead atoms. The Balaban J connectivity index is 2.54. The Morgan fingerprint density at radius 3 is 2.19 bits per heavy atom. The molecule has 1 aromatic rings. The maximum atomic E-state index is 4.86. The second-order valence-electron chi connectivity index (χ2n) is 7.14. The number of hydrogen-bond acceptors (Lipinski definition) is 1. The van der Waals surface area contributed by atoms with E-state index in [0.29, 0.717) is 5.92 Å². The smallest absolute Gasteiger partial charge is 0.0527 e. The van der Waals surface area contributed by atoms with Crippen molar-refractivity contribution in [1.29, 1.82) is 0 Å². The van der Waals surface area contributed by atoms with E-state index in [1.807, 2.05) is 0 Å². The Hall–Kier alpha value is -1.63. The summed E-state index contributed by atoms with van der Waals surface area (Å²) in [4.78, 5) is 4.86. The number of benzene rings is 1. The molecular formula is C20H27N. The average molecular weight is 281 g/mol. The third-order valence-corrected chi connectivity index (χ3v) is 4.12. The number of nitrogens with zero attached hydrogens (tertiary/aromatic N) is 1. The summed E-state index contributed by atoms with van der Waals surface area (Å²) in [7, 11) is 0. The van der Waals surface area contributed by atoms with Crippen molar-refractivity contribution in [3.05, 3.63) is 58.2 Å². The Morgan fingerprint density at radius 1 is 1.05 bits per heavy atom.